The number of carbonyl (C=O) groups is 3. The van der Waals surface area contributed by atoms with E-state index in [9.17, 15) is 24.6 Å². The van der Waals surface area contributed by atoms with Gasteiger partial charge in [-0.05, 0) is 58.0 Å². The zero-order valence-corrected chi connectivity index (χ0v) is 19.7. The summed E-state index contributed by atoms with van der Waals surface area (Å²) in [6, 6.07) is 21.9. The van der Waals surface area contributed by atoms with Crippen molar-refractivity contribution in [1.29, 1.82) is 0 Å². The zero-order chi connectivity index (χ0) is 23.8. The molecule has 3 atom stereocenters. The lowest BCUT2D eigenvalue weighted by Gasteiger charge is -2.25. The Labute approximate surface area is 205 Å². The summed E-state index contributed by atoms with van der Waals surface area (Å²) in [7, 11) is 0. The molecule has 0 radical (unpaired) electrons. The molecule has 2 amide bonds. The average molecular weight is 558 g/mol. The number of rotatable bonds is 9. The van der Waals surface area contributed by atoms with Crippen molar-refractivity contribution in [3.8, 4) is 0 Å². The quantitative estimate of drug-likeness (QED) is 0.302. The number of hydrogen-bond acceptors (Lipinski definition) is 4. The van der Waals surface area contributed by atoms with E-state index in [1.165, 1.54) is 0 Å². The Morgan fingerprint density at radius 1 is 0.848 bits per heavy atom. The minimum atomic E-state index is -1.71. The Kier molecular flexibility index (Phi) is 8.56. The molecule has 0 aliphatic carbocycles. The fraction of sp³-hybridized carbons (Fsp3) is 0.160. The highest BCUT2D eigenvalue weighted by Crippen LogP contribution is 2.19. The maximum absolute atomic E-state index is 12.9. The van der Waals surface area contributed by atoms with E-state index in [1.807, 2.05) is 12.1 Å². The van der Waals surface area contributed by atoms with Crippen LogP contribution in [0.2, 0.25) is 0 Å². The molecule has 33 heavy (non-hydrogen) atoms. The number of nitrogens with one attached hydrogen (secondary N) is 2. The number of carboxylic acid groups (broad SMARTS) is 1. The number of benzene rings is 3. The third kappa shape index (κ3) is 6.87. The van der Waals surface area contributed by atoms with Gasteiger partial charge in [-0.2, -0.15) is 0 Å². The topological polar surface area (TPSA) is 116 Å². The van der Waals surface area contributed by atoms with Crippen LogP contribution in [0.25, 0.3) is 0 Å². The van der Waals surface area contributed by atoms with E-state index in [-0.39, 0.29) is 6.42 Å². The van der Waals surface area contributed by atoms with E-state index in [4.69, 9.17) is 0 Å². The summed E-state index contributed by atoms with van der Waals surface area (Å²) in [5.74, 6) is -2.58. The van der Waals surface area contributed by atoms with Gasteiger partial charge >= 0.3 is 5.97 Å². The molecule has 0 heterocycles. The summed E-state index contributed by atoms with van der Waals surface area (Å²) in [6.45, 7) is 0. The van der Waals surface area contributed by atoms with Crippen LogP contribution in [0.1, 0.15) is 27.5 Å². The van der Waals surface area contributed by atoms with E-state index in [0.717, 1.165) is 9.13 Å². The summed E-state index contributed by atoms with van der Waals surface area (Å²) in [5, 5.41) is 25.6. The van der Waals surface area contributed by atoms with Gasteiger partial charge in [-0.15, -0.1) is 0 Å². The third-order valence-electron chi connectivity index (χ3n) is 5.01. The van der Waals surface area contributed by atoms with Crippen molar-refractivity contribution in [3.63, 3.8) is 0 Å². The lowest BCUT2D eigenvalue weighted by Crippen LogP contribution is -2.50. The lowest BCUT2D eigenvalue weighted by atomic mass is 9.99. The Balaban J connectivity index is 1.79. The predicted octanol–water partition coefficient (Wildman–Crippen LogP) is 2.94. The number of aliphatic hydroxyl groups is 1. The normalized spacial score (nSPS) is 13.4. The van der Waals surface area contributed by atoms with Crippen LogP contribution in [-0.2, 0) is 16.0 Å². The van der Waals surface area contributed by atoms with Crippen LogP contribution in [0.15, 0.2) is 84.9 Å². The lowest BCUT2D eigenvalue weighted by molar-refractivity contribution is -0.143. The second-order valence-electron chi connectivity index (χ2n) is 7.41. The van der Waals surface area contributed by atoms with Crippen LogP contribution in [0.3, 0.4) is 0 Å². The van der Waals surface area contributed by atoms with Gasteiger partial charge in [0.25, 0.3) is 11.8 Å². The number of aliphatic hydroxyl groups excluding tert-OH is 1. The molecule has 0 saturated heterocycles. The van der Waals surface area contributed by atoms with E-state index in [0.29, 0.717) is 11.1 Å². The number of hydrogen-bond donors (Lipinski definition) is 4. The SMILES string of the molecule is O=C(N[C@@H](c1ccccc1)[C@@H](O)C(=O)N[C@H](Cc1cccc(I)c1)C(=O)O)c1ccccc1. The van der Waals surface area contributed by atoms with Gasteiger partial charge in [0, 0.05) is 15.6 Å². The summed E-state index contributed by atoms with van der Waals surface area (Å²) >= 11 is 2.12. The van der Waals surface area contributed by atoms with Crippen molar-refractivity contribution < 1.29 is 24.6 Å². The van der Waals surface area contributed by atoms with Crippen molar-refractivity contribution in [3.05, 3.63) is 105 Å². The van der Waals surface area contributed by atoms with E-state index in [2.05, 4.69) is 33.2 Å². The van der Waals surface area contributed by atoms with Crippen LogP contribution in [-0.4, -0.2) is 40.1 Å². The van der Waals surface area contributed by atoms with Gasteiger partial charge in [-0.25, -0.2) is 4.79 Å². The molecular weight excluding hydrogens is 535 g/mol. The molecule has 0 aromatic heterocycles. The molecule has 0 aliphatic heterocycles. The highest BCUT2D eigenvalue weighted by Gasteiger charge is 2.32. The molecular formula is C25H23IN2O5. The third-order valence-corrected chi connectivity index (χ3v) is 5.68. The molecule has 3 aromatic rings. The number of aliphatic carboxylic acids is 1. The van der Waals surface area contributed by atoms with Crippen LogP contribution >= 0.6 is 22.6 Å². The molecule has 7 nitrogen and oxygen atoms in total. The first-order valence-corrected chi connectivity index (χ1v) is 11.3. The van der Waals surface area contributed by atoms with Crippen molar-refractivity contribution in [2.24, 2.45) is 0 Å². The molecule has 0 saturated carbocycles. The van der Waals surface area contributed by atoms with E-state index >= 15 is 0 Å². The molecule has 0 bridgehead atoms. The second kappa shape index (κ2) is 11.6. The maximum Gasteiger partial charge on any atom is 0.326 e. The number of amides is 2. The first-order chi connectivity index (χ1) is 15.8. The van der Waals surface area contributed by atoms with Gasteiger partial charge in [0.15, 0.2) is 6.10 Å². The molecule has 3 rings (SSSR count). The minimum Gasteiger partial charge on any atom is -0.480 e. The van der Waals surface area contributed by atoms with Gasteiger partial charge < -0.3 is 20.8 Å². The Hall–Kier alpha value is -3.24. The summed E-state index contributed by atoms with van der Waals surface area (Å²) in [5.41, 5.74) is 1.61. The van der Waals surface area contributed by atoms with Crippen molar-refractivity contribution >= 4 is 40.4 Å². The van der Waals surface area contributed by atoms with Gasteiger partial charge in [0.1, 0.15) is 6.04 Å². The molecule has 3 aromatic carbocycles. The minimum absolute atomic E-state index is 0.0526. The van der Waals surface area contributed by atoms with Crippen LogP contribution in [0.5, 0.6) is 0 Å². The molecule has 4 N–H and O–H groups in total. The fourth-order valence-electron chi connectivity index (χ4n) is 3.33. The molecule has 0 fully saturated rings. The highest BCUT2D eigenvalue weighted by atomic mass is 127. The molecule has 0 unspecified atom stereocenters. The summed E-state index contributed by atoms with van der Waals surface area (Å²) in [4.78, 5) is 37.4. The fourth-order valence-corrected chi connectivity index (χ4v) is 3.93. The van der Waals surface area contributed by atoms with Gasteiger partial charge in [-0.3, -0.25) is 9.59 Å². The molecule has 0 spiro atoms. The van der Waals surface area contributed by atoms with Crippen molar-refractivity contribution in [2.45, 2.75) is 24.6 Å². The number of carbonyl (C=O) groups excluding carboxylic acids is 2. The van der Waals surface area contributed by atoms with Crippen LogP contribution in [0.4, 0.5) is 0 Å². The van der Waals surface area contributed by atoms with Crippen molar-refractivity contribution in [2.75, 3.05) is 0 Å². The highest BCUT2D eigenvalue weighted by molar-refractivity contribution is 14.1. The van der Waals surface area contributed by atoms with Crippen molar-refractivity contribution in [1.82, 2.24) is 10.6 Å². The Morgan fingerprint density at radius 2 is 1.48 bits per heavy atom. The van der Waals surface area contributed by atoms with E-state index < -0.39 is 36.0 Å². The first-order valence-electron chi connectivity index (χ1n) is 10.2. The molecule has 8 heteroatoms. The standard InChI is InChI=1S/C25H23IN2O5/c26-19-13-7-8-16(14-19)15-20(25(32)33)27-24(31)22(29)21(17-9-3-1-4-10-17)28-23(30)18-11-5-2-6-12-18/h1-14,20-22,29H,15H2,(H,27,31)(H,28,30)(H,32,33)/t20-,21+,22-/m1/s1. The van der Waals surface area contributed by atoms with Crippen LogP contribution < -0.4 is 10.6 Å². The Morgan fingerprint density at radius 3 is 2.09 bits per heavy atom. The number of carboxylic acids is 1. The predicted molar refractivity (Wildman–Crippen MR) is 132 cm³/mol. The first kappa shape index (κ1) is 24.4. The summed E-state index contributed by atoms with van der Waals surface area (Å²) < 4.78 is 0.938. The van der Waals surface area contributed by atoms with Crippen LogP contribution in [0, 0.1) is 3.57 Å². The van der Waals surface area contributed by atoms with Gasteiger partial charge in [-0.1, -0.05) is 60.7 Å². The summed E-state index contributed by atoms with van der Waals surface area (Å²) in [6.07, 6.45) is -1.66. The second-order valence-corrected chi connectivity index (χ2v) is 8.65. The largest absolute Gasteiger partial charge is 0.480 e. The van der Waals surface area contributed by atoms with Gasteiger partial charge in [0.05, 0.1) is 6.04 Å². The monoisotopic (exact) mass is 558 g/mol. The zero-order valence-electron chi connectivity index (χ0n) is 17.5. The molecule has 170 valence electrons. The molecule has 0 aliphatic rings. The average Bonchev–Trinajstić information content (AvgIpc) is 2.82. The van der Waals surface area contributed by atoms with E-state index in [1.54, 1.807) is 72.8 Å². The van der Waals surface area contributed by atoms with Gasteiger partial charge in [0.2, 0.25) is 0 Å². The number of halogens is 1. The Bertz CT molecular complexity index is 1110. The smallest absolute Gasteiger partial charge is 0.326 e. The maximum atomic E-state index is 12.9.